The van der Waals surface area contributed by atoms with Gasteiger partial charge in [-0.15, -0.1) is 11.3 Å². The summed E-state index contributed by atoms with van der Waals surface area (Å²) in [5, 5.41) is 11.7. The second-order valence-electron chi connectivity index (χ2n) is 4.80. The fourth-order valence-electron chi connectivity index (χ4n) is 1.90. The number of aryl methyl sites for hydroxylation is 1. The molecule has 7 heteroatoms. The molecule has 1 heterocycles. The van der Waals surface area contributed by atoms with Crippen molar-refractivity contribution in [2.45, 2.75) is 12.5 Å². The summed E-state index contributed by atoms with van der Waals surface area (Å²) in [5.74, 6) is 0.722. The molecule has 1 aromatic carbocycles. The molecule has 0 radical (unpaired) electrons. The summed E-state index contributed by atoms with van der Waals surface area (Å²) >= 11 is 1.40. The van der Waals surface area contributed by atoms with Gasteiger partial charge in [-0.1, -0.05) is 18.2 Å². The minimum absolute atomic E-state index is 0.00847. The van der Waals surface area contributed by atoms with Crippen LogP contribution >= 0.6 is 11.3 Å². The molecule has 0 aliphatic rings. The first kappa shape index (κ1) is 17.0. The first-order valence-electron chi connectivity index (χ1n) is 6.82. The summed E-state index contributed by atoms with van der Waals surface area (Å²) in [6.45, 7) is -0.00847. The number of aliphatic hydroxyl groups is 1. The van der Waals surface area contributed by atoms with Gasteiger partial charge in [-0.2, -0.15) is 0 Å². The van der Waals surface area contributed by atoms with Crippen LogP contribution in [0.3, 0.4) is 0 Å². The van der Waals surface area contributed by atoms with Gasteiger partial charge in [0.2, 0.25) is 10.0 Å². The molecule has 0 saturated heterocycles. The van der Waals surface area contributed by atoms with E-state index in [0.717, 1.165) is 16.2 Å². The summed E-state index contributed by atoms with van der Waals surface area (Å²) in [4.78, 5) is 0.748. The molecule has 0 amide bonds. The molecule has 22 heavy (non-hydrogen) atoms. The van der Waals surface area contributed by atoms with Gasteiger partial charge < -0.3 is 9.84 Å². The van der Waals surface area contributed by atoms with Gasteiger partial charge in [0, 0.05) is 11.4 Å². The van der Waals surface area contributed by atoms with Gasteiger partial charge in [0.15, 0.2) is 0 Å². The molecule has 2 aromatic rings. The SMILES string of the molecule is COc1ccc(CCS(=O)(=O)NCC(O)c2cccs2)cc1. The molecular formula is C15H19NO4S2. The van der Waals surface area contributed by atoms with Crippen molar-refractivity contribution in [2.75, 3.05) is 19.4 Å². The molecule has 0 saturated carbocycles. The first-order valence-corrected chi connectivity index (χ1v) is 9.35. The largest absolute Gasteiger partial charge is 0.497 e. The van der Waals surface area contributed by atoms with Crippen molar-refractivity contribution in [1.82, 2.24) is 4.72 Å². The van der Waals surface area contributed by atoms with E-state index in [1.807, 2.05) is 23.6 Å². The van der Waals surface area contributed by atoms with E-state index in [1.165, 1.54) is 11.3 Å². The van der Waals surface area contributed by atoms with Crippen LogP contribution in [-0.2, 0) is 16.4 Å². The van der Waals surface area contributed by atoms with Crippen LogP contribution in [0, 0.1) is 0 Å². The van der Waals surface area contributed by atoms with E-state index in [-0.39, 0.29) is 12.3 Å². The zero-order valence-electron chi connectivity index (χ0n) is 12.2. The maximum Gasteiger partial charge on any atom is 0.212 e. The fourth-order valence-corrected chi connectivity index (χ4v) is 3.68. The zero-order valence-corrected chi connectivity index (χ0v) is 13.9. The normalized spacial score (nSPS) is 13.0. The van der Waals surface area contributed by atoms with E-state index in [2.05, 4.69) is 4.72 Å². The van der Waals surface area contributed by atoms with Crippen LogP contribution in [0.15, 0.2) is 41.8 Å². The number of hydrogen-bond donors (Lipinski definition) is 2. The Morgan fingerprint density at radius 1 is 1.27 bits per heavy atom. The lowest BCUT2D eigenvalue weighted by atomic mass is 10.2. The Balaban J connectivity index is 1.82. The molecule has 2 N–H and O–H groups in total. The molecule has 1 aromatic heterocycles. The van der Waals surface area contributed by atoms with Crippen molar-refractivity contribution in [3.63, 3.8) is 0 Å². The molecule has 0 bridgehead atoms. The monoisotopic (exact) mass is 341 g/mol. The Hall–Kier alpha value is -1.41. The minimum Gasteiger partial charge on any atom is -0.497 e. The van der Waals surface area contributed by atoms with Gasteiger partial charge in [0.25, 0.3) is 0 Å². The van der Waals surface area contributed by atoms with Gasteiger partial charge in [-0.25, -0.2) is 13.1 Å². The highest BCUT2D eigenvalue weighted by Gasteiger charge is 2.15. The van der Waals surface area contributed by atoms with Crippen LogP contribution < -0.4 is 9.46 Å². The van der Waals surface area contributed by atoms with Gasteiger partial charge in [0.05, 0.1) is 12.9 Å². The van der Waals surface area contributed by atoms with Crippen molar-refractivity contribution < 1.29 is 18.3 Å². The quantitative estimate of drug-likeness (QED) is 0.769. The second-order valence-corrected chi connectivity index (χ2v) is 7.70. The summed E-state index contributed by atoms with van der Waals surface area (Å²) in [6.07, 6.45) is -0.398. The number of ether oxygens (including phenoxy) is 1. The number of thiophene rings is 1. The highest BCUT2D eigenvalue weighted by molar-refractivity contribution is 7.89. The Labute approximate surface area is 134 Å². The van der Waals surface area contributed by atoms with Crippen LogP contribution in [0.2, 0.25) is 0 Å². The van der Waals surface area contributed by atoms with E-state index in [9.17, 15) is 13.5 Å². The second kappa shape index (κ2) is 7.73. The third-order valence-corrected chi connectivity index (χ3v) is 5.51. The lowest BCUT2D eigenvalue weighted by molar-refractivity contribution is 0.186. The highest BCUT2D eigenvalue weighted by Crippen LogP contribution is 2.18. The molecule has 2 rings (SSSR count). The Morgan fingerprint density at radius 3 is 2.59 bits per heavy atom. The molecule has 120 valence electrons. The van der Waals surface area contributed by atoms with E-state index in [1.54, 1.807) is 25.3 Å². The maximum absolute atomic E-state index is 12.0. The van der Waals surface area contributed by atoms with Crippen LogP contribution in [0.5, 0.6) is 5.75 Å². The van der Waals surface area contributed by atoms with E-state index in [4.69, 9.17) is 4.74 Å². The van der Waals surface area contributed by atoms with Crippen LogP contribution in [0.4, 0.5) is 0 Å². The smallest absolute Gasteiger partial charge is 0.212 e. The first-order chi connectivity index (χ1) is 10.5. The van der Waals surface area contributed by atoms with E-state index < -0.39 is 16.1 Å². The Morgan fingerprint density at radius 2 is 2.00 bits per heavy atom. The number of nitrogens with one attached hydrogen (secondary N) is 1. The average molecular weight is 341 g/mol. The van der Waals surface area contributed by atoms with Crippen molar-refractivity contribution in [3.8, 4) is 5.75 Å². The maximum atomic E-state index is 12.0. The van der Waals surface area contributed by atoms with Gasteiger partial charge in [-0.05, 0) is 35.6 Å². The van der Waals surface area contributed by atoms with Crippen molar-refractivity contribution >= 4 is 21.4 Å². The van der Waals surface area contributed by atoms with Crippen molar-refractivity contribution in [2.24, 2.45) is 0 Å². The molecule has 0 aliphatic heterocycles. The van der Waals surface area contributed by atoms with Gasteiger partial charge >= 0.3 is 0 Å². The van der Waals surface area contributed by atoms with Crippen LogP contribution in [-0.4, -0.2) is 32.9 Å². The Bertz CT molecular complexity index is 666. The topological polar surface area (TPSA) is 75.6 Å². The Kier molecular flexibility index (Phi) is 5.96. The summed E-state index contributed by atoms with van der Waals surface area (Å²) in [6, 6.07) is 10.9. The minimum atomic E-state index is -3.42. The lowest BCUT2D eigenvalue weighted by Crippen LogP contribution is -2.31. The van der Waals surface area contributed by atoms with E-state index in [0.29, 0.717) is 6.42 Å². The molecule has 5 nitrogen and oxygen atoms in total. The van der Waals surface area contributed by atoms with Crippen molar-refractivity contribution in [3.05, 3.63) is 52.2 Å². The lowest BCUT2D eigenvalue weighted by Gasteiger charge is -2.11. The number of aliphatic hydroxyl groups excluding tert-OH is 1. The molecule has 0 spiro atoms. The van der Waals surface area contributed by atoms with Gasteiger partial charge in [0.1, 0.15) is 11.9 Å². The number of sulfonamides is 1. The van der Waals surface area contributed by atoms with Crippen molar-refractivity contribution in [1.29, 1.82) is 0 Å². The molecule has 1 atom stereocenters. The molecule has 0 fully saturated rings. The number of rotatable bonds is 8. The summed E-state index contributed by atoms with van der Waals surface area (Å²) in [7, 11) is -1.83. The number of methoxy groups -OCH3 is 1. The third-order valence-electron chi connectivity index (χ3n) is 3.19. The van der Waals surface area contributed by atoms with Crippen LogP contribution in [0.25, 0.3) is 0 Å². The standard InChI is InChI=1S/C15H19NO4S2/c1-20-13-6-4-12(5-7-13)8-10-22(18,19)16-11-14(17)15-3-2-9-21-15/h2-7,9,14,16-17H,8,10-11H2,1H3. The summed E-state index contributed by atoms with van der Waals surface area (Å²) in [5.41, 5.74) is 0.921. The predicted octanol–water partition coefficient (Wildman–Crippen LogP) is 1.95. The molecular weight excluding hydrogens is 322 g/mol. The third kappa shape index (κ3) is 5.10. The molecule has 1 unspecified atom stereocenters. The number of benzene rings is 1. The fraction of sp³-hybridized carbons (Fsp3) is 0.333. The predicted molar refractivity (Wildman–Crippen MR) is 87.8 cm³/mol. The van der Waals surface area contributed by atoms with Crippen LogP contribution in [0.1, 0.15) is 16.5 Å². The number of hydrogen-bond acceptors (Lipinski definition) is 5. The summed E-state index contributed by atoms with van der Waals surface area (Å²) < 4.78 is 31.4. The highest BCUT2D eigenvalue weighted by atomic mass is 32.2. The average Bonchev–Trinajstić information content (AvgIpc) is 3.06. The van der Waals surface area contributed by atoms with E-state index >= 15 is 0 Å². The zero-order chi connectivity index (χ0) is 16.0. The molecule has 0 aliphatic carbocycles. The van der Waals surface area contributed by atoms with Gasteiger partial charge in [-0.3, -0.25) is 0 Å².